The summed E-state index contributed by atoms with van der Waals surface area (Å²) in [7, 11) is 0. The molecule has 1 aliphatic rings. The number of ketones is 1. The number of carbonyl (C=O) groups is 2. The highest BCUT2D eigenvalue weighted by molar-refractivity contribution is 7.22. The van der Waals surface area contributed by atoms with Crippen molar-refractivity contribution >= 4 is 33.2 Å². The van der Waals surface area contributed by atoms with Crippen LogP contribution in [-0.4, -0.2) is 28.6 Å². The summed E-state index contributed by atoms with van der Waals surface area (Å²) in [6.45, 7) is -0.762. The minimum Gasteiger partial charge on any atom is -0.481 e. The first-order valence-electron chi connectivity index (χ1n) is 11.2. The van der Waals surface area contributed by atoms with Crippen molar-refractivity contribution in [2.75, 3.05) is 6.61 Å². The summed E-state index contributed by atoms with van der Waals surface area (Å²) in [4.78, 5) is 42.3. The third-order valence-electron chi connectivity index (χ3n) is 6.79. The van der Waals surface area contributed by atoms with Gasteiger partial charge >= 0.3 is 5.97 Å². The van der Waals surface area contributed by atoms with Crippen LogP contribution in [0, 0.1) is 39.6 Å². The molecule has 5 rings (SSSR count). The molecule has 1 heterocycles. The summed E-state index contributed by atoms with van der Waals surface area (Å²) in [5, 5.41) is 21.0. The minimum absolute atomic E-state index is 0.258. The lowest BCUT2D eigenvalue weighted by Crippen LogP contribution is -2.28. The van der Waals surface area contributed by atoms with E-state index in [9.17, 15) is 29.2 Å². The highest BCUT2D eigenvalue weighted by Crippen LogP contribution is 2.66. The van der Waals surface area contributed by atoms with Gasteiger partial charge in [0.05, 0.1) is 0 Å². The fraction of sp³-hybridized carbons (Fsp3) is 0.143. The Morgan fingerprint density at radius 3 is 2.43 bits per heavy atom. The number of halogens is 1. The van der Waals surface area contributed by atoms with E-state index < -0.39 is 40.7 Å². The Morgan fingerprint density at radius 2 is 1.81 bits per heavy atom. The maximum Gasteiger partial charge on any atom is 0.313 e. The SMILES string of the molecule is C#Cc1ccc(C(=O)C2C(c3ccc4cc(-c5ccc(F)cc5)sc4c3)C2(CO[N+](=O)[O-])C(=O)O)cc1. The quantitative estimate of drug-likeness (QED) is 0.142. The lowest BCUT2D eigenvalue weighted by Gasteiger charge is -2.11. The highest BCUT2D eigenvalue weighted by Gasteiger charge is 2.73. The van der Waals surface area contributed by atoms with Crippen LogP contribution in [0.5, 0.6) is 0 Å². The van der Waals surface area contributed by atoms with Crippen molar-refractivity contribution in [3.8, 4) is 22.8 Å². The van der Waals surface area contributed by atoms with Crippen molar-refractivity contribution in [3.05, 3.63) is 105 Å². The van der Waals surface area contributed by atoms with Gasteiger partial charge in [0.25, 0.3) is 5.09 Å². The van der Waals surface area contributed by atoms with Gasteiger partial charge in [-0.05, 0) is 52.9 Å². The molecule has 0 amide bonds. The van der Waals surface area contributed by atoms with Gasteiger partial charge in [0.1, 0.15) is 17.8 Å². The molecule has 0 aliphatic heterocycles. The Hall–Kier alpha value is -4.55. The predicted molar refractivity (Wildman–Crippen MR) is 135 cm³/mol. The monoisotopic (exact) mass is 515 g/mol. The van der Waals surface area contributed by atoms with Gasteiger partial charge in [0, 0.05) is 32.5 Å². The molecule has 1 saturated carbocycles. The zero-order valence-electron chi connectivity index (χ0n) is 19.1. The number of carboxylic acids is 1. The first-order chi connectivity index (χ1) is 17.7. The van der Waals surface area contributed by atoms with E-state index >= 15 is 0 Å². The highest BCUT2D eigenvalue weighted by atomic mass is 32.1. The number of Topliss-reactive ketones (excluding diaryl/α,β-unsaturated/α-hetero) is 1. The number of terminal acetylenes is 1. The Labute approximate surface area is 214 Å². The van der Waals surface area contributed by atoms with Crippen LogP contribution >= 0.6 is 11.3 Å². The van der Waals surface area contributed by atoms with Crippen LogP contribution in [0.1, 0.15) is 27.4 Å². The van der Waals surface area contributed by atoms with E-state index in [1.807, 2.05) is 12.1 Å². The molecular formula is C28H18FNO6S. The number of benzene rings is 3. The maximum atomic E-state index is 13.5. The molecule has 1 aliphatic carbocycles. The zero-order valence-corrected chi connectivity index (χ0v) is 19.9. The van der Waals surface area contributed by atoms with Crippen molar-refractivity contribution in [1.82, 2.24) is 0 Å². The smallest absolute Gasteiger partial charge is 0.313 e. The van der Waals surface area contributed by atoms with Gasteiger partial charge in [-0.2, -0.15) is 0 Å². The van der Waals surface area contributed by atoms with Gasteiger partial charge in [-0.15, -0.1) is 27.9 Å². The second-order valence-corrected chi connectivity index (χ2v) is 9.88. The lowest BCUT2D eigenvalue weighted by atomic mass is 9.97. The molecule has 184 valence electrons. The molecule has 0 bridgehead atoms. The average molecular weight is 516 g/mol. The lowest BCUT2D eigenvalue weighted by molar-refractivity contribution is -0.759. The van der Waals surface area contributed by atoms with E-state index in [4.69, 9.17) is 6.42 Å². The zero-order chi connectivity index (χ0) is 26.3. The second-order valence-electron chi connectivity index (χ2n) is 8.80. The van der Waals surface area contributed by atoms with Crippen LogP contribution in [0.3, 0.4) is 0 Å². The molecule has 9 heteroatoms. The fourth-order valence-corrected chi connectivity index (χ4v) is 6.01. The third-order valence-corrected chi connectivity index (χ3v) is 7.94. The van der Waals surface area contributed by atoms with Crippen molar-refractivity contribution in [3.63, 3.8) is 0 Å². The summed E-state index contributed by atoms with van der Waals surface area (Å²) in [5.74, 6) is -1.61. The topological polar surface area (TPSA) is 107 Å². The molecule has 0 radical (unpaired) electrons. The number of aliphatic carboxylic acids is 1. The number of fused-ring (bicyclic) bond motifs is 1. The Kier molecular flexibility index (Phi) is 5.97. The number of carbonyl (C=O) groups excluding carboxylic acids is 1. The largest absolute Gasteiger partial charge is 0.481 e. The summed E-state index contributed by atoms with van der Waals surface area (Å²) in [5.41, 5.74) is 0.408. The van der Waals surface area contributed by atoms with Crippen LogP contribution < -0.4 is 0 Å². The van der Waals surface area contributed by atoms with Gasteiger partial charge in [0.15, 0.2) is 5.78 Å². The van der Waals surface area contributed by atoms with Gasteiger partial charge in [-0.3, -0.25) is 9.59 Å². The number of nitrogens with zero attached hydrogens (tertiary/aromatic N) is 1. The van der Waals surface area contributed by atoms with Gasteiger partial charge in [-0.1, -0.05) is 42.3 Å². The summed E-state index contributed by atoms with van der Waals surface area (Å²) >= 11 is 1.44. The molecular weight excluding hydrogens is 497 g/mol. The van der Waals surface area contributed by atoms with E-state index in [2.05, 4.69) is 10.8 Å². The number of hydrogen-bond donors (Lipinski definition) is 1. The molecule has 7 nitrogen and oxygen atoms in total. The first-order valence-corrected chi connectivity index (χ1v) is 12.0. The molecule has 37 heavy (non-hydrogen) atoms. The predicted octanol–water partition coefficient (Wildman–Crippen LogP) is 5.56. The summed E-state index contributed by atoms with van der Waals surface area (Å²) in [6, 6.07) is 19.6. The van der Waals surface area contributed by atoms with E-state index in [1.54, 1.807) is 36.4 Å². The minimum atomic E-state index is -1.81. The molecule has 3 aromatic carbocycles. The molecule has 1 aromatic heterocycles. The summed E-state index contributed by atoms with van der Waals surface area (Å²) < 4.78 is 14.2. The molecule has 0 spiro atoms. The van der Waals surface area contributed by atoms with Crippen molar-refractivity contribution < 1.29 is 29.0 Å². The van der Waals surface area contributed by atoms with Crippen molar-refractivity contribution in [2.45, 2.75) is 5.92 Å². The van der Waals surface area contributed by atoms with Gasteiger partial charge < -0.3 is 9.94 Å². The van der Waals surface area contributed by atoms with Crippen LogP contribution in [0.2, 0.25) is 0 Å². The normalized spacial score (nSPS) is 20.2. The van der Waals surface area contributed by atoms with Crippen molar-refractivity contribution in [2.24, 2.45) is 11.3 Å². The molecule has 3 atom stereocenters. The Bertz CT molecular complexity index is 1590. The van der Waals surface area contributed by atoms with Crippen molar-refractivity contribution in [1.29, 1.82) is 0 Å². The van der Waals surface area contributed by atoms with Gasteiger partial charge in [-0.25, -0.2) is 4.39 Å². The van der Waals surface area contributed by atoms with Crippen LogP contribution in [-0.2, 0) is 9.63 Å². The number of rotatable bonds is 8. The van der Waals surface area contributed by atoms with E-state index in [-0.39, 0.29) is 11.4 Å². The Morgan fingerprint density at radius 1 is 1.11 bits per heavy atom. The van der Waals surface area contributed by atoms with E-state index in [0.29, 0.717) is 11.1 Å². The van der Waals surface area contributed by atoms with Crippen LogP contribution in [0.25, 0.3) is 20.5 Å². The first kappa shape index (κ1) is 24.2. The van der Waals surface area contributed by atoms with Crippen LogP contribution in [0.4, 0.5) is 4.39 Å². The summed E-state index contributed by atoms with van der Waals surface area (Å²) in [6.07, 6.45) is 5.38. The standard InChI is InChI=1S/C28H18FNO6S/c1-2-16-3-5-18(6-4-16)26(31)25-24(28(25,27(32)33)15-36-30(34)35)20-8-7-19-13-22(37-23(19)14-20)17-9-11-21(29)12-10-17/h1,3-14,24-25H,15H2,(H,32,33). The number of carboxylic acid groups (broad SMARTS) is 1. The molecule has 1 N–H and O–H groups in total. The number of hydrogen-bond acceptors (Lipinski definition) is 6. The third kappa shape index (κ3) is 4.21. The second kappa shape index (κ2) is 9.15. The Balaban J connectivity index is 1.55. The number of thiophene rings is 1. The van der Waals surface area contributed by atoms with E-state index in [0.717, 1.165) is 20.5 Å². The van der Waals surface area contributed by atoms with E-state index in [1.165, 1.54) is 35.6 Å². The van der Waals surface area contributed by atoms with Gasteiger partial charge in [0.2, 0.25) is 0 Å². The van der Waals surface area contributed by atoms with Crippen LogP contribution in [0.15, 0.2) is 72.8 Å². The maximum absolute atomic E-state index is 13.5. The molecule has 0 saturated heterocycles. The average Bonchev–Trinajstić information content (AvgIpc) is 3.40. The molecule has 3 unspecified atom stereocenters. The molecule has 4 aromatic rings. The molecule has 1 fully saturated rings. The fourth-order valence-electron chi connectivity index (χ4n) is 4.89.